The van der Waals surface area contributed by atoms with E-state index in [1.807, 2.05) is 32.0 Å². The molecule has 0 bridgehead atoms. The molecule has 2 aromatic rings. The molecule has 8 nitrogen and oxygen atoms in total. The highest BCUT2D eigenvalue weighted by atomic mass is 32.2. The number of carbonyl (C=O) groups is 3. The van der Waals surface area contributed by atoms with Crippen molar-refractivity contribution < 1.29 is 23.9 Å². The average molecular weight is 480 g/mol. The number of thioether (sulfide) groups is 1. The van der Waals surface area contributed by atoms with Crippen LogP contribution in [0.3, 0.4) is 0 Å². The molecule has 2 amide bonds. The van der Waals surface area contributed by atoms with Gasteiger partial charge in [-0.05, 0) is 31.0 Å². The maximum atomic E-state index is 13.0. The number of nitrogens with one attached hydrogen (secondary N) is 2. The summed E-state index contributed by atoms with van der Waals surface area (Å²) < 4.78 is 10.3. The van der Waals surface area contributed by atoms with Crippen molar-refractivity contribution in [2.75, 3.05) is 25.3 Å². The van der Waals surface area contributed by atoms with Crippen LogP contribution in [0.4, 0.5) is 5.69 Å². The summed E-state index contributed by atoms with van der Waals surface area (Å²) in [6, 6.07) is 14.7. The van der Waals surface area contributed by atoms with Crippen molar-refractivity contribution in [3.8, 4) is 11.8 Å². The predicted molar refractivity (Wildman–Crippen MR) is 129 cm³/mol. The monoisotopic (exact) mass is 479 g/mol. The fourth-order valence-electron chi connectivity index (χ4n) is 3.90. The van der Waals surface area contributed by atoms with Crippen molar-refractivity contribution in [2.24, 2.45) is 5.92 Å². The highest BCUT2D eigenvalue weighted by Crippen LogP contribution is 2.43. The molecule has 1 aliphatic rings. The van der Waals surface area contributed by atoms with Crippen LogP contribution in [0.2, 0.25) is 0 Å². The summed E-state index contributed by atoms with van der Waals surface area (Å²) in [5.41, 5.74) is 3.25. The van der Waals surface area contributed by atoms with Crippen LogP contribution in [0.5, 0.6) is 5.75 Å². The third-order valence-corrected chi connectivity index (χ3v) is 6.57. The van der Waals surface area contributed by atoms with Crippen molar-refractivity contribution in [3.63, 3.8) is 0 Å². The van der Waals surface area contributed by atoms with Crippen LogP contribution in [-0.4, -0.2) is 37.8 Å². The number of hydrogen-bond donors (Lipinski definition) is 2. The molecule has 0 radical (unpaired) electrons. The first kappa shape index (κ1) is 24.9. The van der Waals surface area contributed by atoms with Gasteiger partial charge in [0.2, 0.25) is 11.8 Å². The number of esters is 1. The van der Waals surface area contributed by atoms with E-state index in [9.17, 15) is 19.6 Å². The standard InChI is InChI=1S/C25H25N3O5S/c1-14-8-7-9-15(2)22(14)27-19(29)13-34-24-17(12-26)20(16-10-5-6-11-18(16)32-3)21(23(30)28-24)25(31)33-4/h5-11,20-21H,13H2,1-4H3,(H,27,29)(H,28,30)/t20-,21+/m1/s1. The topological polar surface area (TPSA) is 118 Å². The van der Waals surface area contributed by atoms with Crippen molar-refractivity contribution in [1.29, 1.82) is 5.26 Å². The SMILES string of the molecule is COC(=O)[C@@H]1C(=O)NC(SCC(=O)Nc2c(C)cccc2C)=C(C#N)[C@H]1c1ccccc1OC. The van der Waals surface area contributed by atoms with Crippen LogP contribution in [0.25, 0.3) is 0 Å². The van der Waals surface area contributed by atoms with E-state index in [0.717, 1.165) is 28.6 Å². The van der Waals surface area contributed by atoms with Gasteiger partial charge in [0, 0.05) is 17.2 Å². The lowest BCUT2D eigenvalue weighted by Gasteiger charge is -2.31. The summed E-state index contributed by atoms with van der Waals surface area (Å²) in [6.45, 7) is 3.80. The maximum absolute atomic E-state index is 13.0. The molecule has 0 saturated heterocycles. The van der Waals surface area contributed by atoms with E-state index in [-0.39, 0.29) is 22.3 Å². The highest BCUT2D eigenvalue weighted by molar-refractivity contribution is 8.03. The van der Waals surface area contributed by atoms with E-state index in [2.05, 4.69) is 16.7 Å². The van der Waals surface area contributed by atoms with Crippen LogP contribution < -0.4 is 15.4 Å². The predicted octanol–water partition coefficient (Wildman–Crippen LogP) is 3.42. The molecule has 2 atom stereocenters. The van der Waals surface area contributed by atoms with Gasteiger partial charge >= 0.3 is 5.97 Å². The summed E-state index contributed by atoms with van der Waals surface area (Å²) in [4.78, 5) is 38.2. The molecule has 2 N–H and O–H groups in total. The minimum absolute atomic E-state index is 0.0455. The van der Waals surface area contributed by atoms with E-state index in [4.69, 9.17) is 9.47 Å². The largest absolute Gasteiger partial charge is 0.496 e. The fourth-order valence-corrected chi connectivity index (χ4v) is 4.75. The summed E-state index contributed by atoms with van der Waals surface area (Å²) >= 11 is 1.03. The van der Waals surface area contributed by atoms with Crippen molar-refractivity contribution >= 4 is 35.2 Å². The first-order valence-electron chi connectivity index (χ1n) is 10.5. The van der Waals surface area contributed by atoms with E-state index < -0.39 is 23.7 Å². The van der Waals surface area contributed by atoms with Gasteiger partial charge < -0.3 is 20.1 Å². The molecule has 2 aromatic carbocycles. The van der Waals surface area contributed by atoms with Crippen LogP contribution in [0.1, 0.15) is 22.6 Å². The van der Waals surface area contributed by atoms with Gasteiger partial charge in [0.15, 0.2) is 0 Å². The molecule has 0 unspecified atom stereocenters. The summed E-state index contributed by atoms with van der Waals surface area (Å²) in [5.74, 6) is -3.48. The van der Waals surface area contributed by atoms with E-state index in [1.165, 1.54) is 14.2 Å². The Morgan fingerprint density at radius 2 is 1.79 bits per heavy atom. The molecule has 0 spiro atoms. The number of carbonyl (C=O) groups excluding carboxylic acids is 3. The lowest BCUT2D eigenvalue weighted by Crippen LogP contribution is -2.44. The molecule has 0 fully saturated rings. The first-order valence-corrected chi connectivity index (χ1v) is 11.5. The zero-order valence-electron chi connectivity index (χ0n) is 19.3. The van der Waals surface area contributed by atoms with E-state index in [0.29, 0.717) is 11.3 Å². The molecule has 9 heteroatoms. The number of ether oxygens (including phenoxy) is 2. The number of benzene rings is 2. The Hall–Kier alpha value is -3.77. The third-order valence-electron chi connectivity index (χ3n) is 5.55. The average Bonchev–Trinajstić information content (AvgIpc) is 2.84. The number of anilines is 1. The van der Waals surface area contributed by atoms with Crippen molar-refractivity contribution in [3.05, 3.63) is 69.8 Å². The number of aryl methyl sites for hydroxylation is 2. The van der Waals surface area contributed by atoms with Gasteiger partial charge in [-0.2, -0.15) is 5.26 Å². The van der Waals surface area contributed by atoms with E-state index >= 15 is 0 Å². The second-order valence-electron chi connectivity index (χ2n) is 7.67. The molecule has 0 aromatic heterocycles. The molecular weight excluding hydrogens is 454 g/mol. The normalized spacial score (nSPS) is 17.4. The van der Waals surface area contributed by atoms with Crippen LogP contribution >= 0.6 is 11.8 Å². The molecule has 1 aliphatic heterocycles. The first-order chi connectivity index (χ1) is 16.3. The Labute approximate surface area is 202 Å². The minimum atomic E-state index is -1.27. The number of rotatable bonds is 7. The molecule has 1 heterocycles. The van der Waals surface area contributed by atoms with Gasteiger partial charge in [-0.15, -0.1) is 0 Å². The number of nitriles is 1. The summed E-state index contributed by atoms with van der Waals surface area (Å²) in [5, 5.41) is 15.8. The maximum Gasteiger partial charge on any atom is 0.319 e. The summed E-state index contributed by atoms with van der Waals surface area (Å²) in [7, 11) is 2.66. The minimum Gasteiger partial charge on any atom is -0.496 e. The Morgan fingerprint density at radius 3 is 2.41 bits per heavy atom. The lowest BCUT2D eigenvalue weighted by molar-refractivity contribution is -0.150. The highest BCUT2D eigenvalue weighted by Gasteiger charge is 2.45. The lowest BCUT2D eigenvalue weighted by atomic mass is 9.78. The number of amides is 2. The van der Waals surface area contributed by atoms with Gasteiger partial charge in [0.1, 0.15) is 11.7 Å². The van der Waals surface area contributed by atoms with Crippen LogP contribution in [0.15, 0.2) is 53.1 Å². The molecule has 176 valence electrons. The fraction of sp³-hybridized carbons (Fsp3) is 0.280. The van der Waals surface area contributed by atoms with Crippen LogP contribution in [-0.2, 0) is 19.1 Å². The second-order valence-corrected chi connectivity index (χ2v) is 8.65. The Balaban J connectivity index is 1.95. The smallest absolute Gasteiger partial charge is 0.319 e. The van der Waals surface area contributed by atoms with Gasteiger partial charge in [0.05, 0.1) is 36.6 Å². The Kier molecular flexibility index (Phi) is 7.97. The zero-order valence-corrected chi connectivity index (χ0v) is 20.1. The second kappa shape index (κ2) is 10.9. The summed E-state index contributed by atoms with van der Waals surface area (Å²) in [6.07, 6.45) is 0. The molecule has 0 saturated carbocycles. The number of nitrogens with zero attached hydrogens (tertiary/aromatic N) is 1. The number of para-hydroxylation sites is 2. The van der Waals surface area contributed by atoms with Gasteiger partial charge in [0.25, 0.3) is 0 Å². The van der Waals surface area contributed by atoms with E-state index in [1.54, 1.807) is 24.3 Å². The van der Waals surface area contributed by atoms with Gasteiger partial charge in [-0.25, -0.2) is 0 Å². The van der Waals surface area contributed by atoms with Gasteiger partial charge in [-0.1, -0.05) is 48.2 Å². The number of hydrogen-bond acceptors (Lipinski definition) is 7. The zero-order chi connectivity index (χ0) is 24.8. The van der Waals surface area contributed by atoms with Crippen LogP contribution in [0, 0.1) is 31.1 Å². The van der Waals surface area contributed by atoms with Crippen molar-refractivity contribution in [2.45, 2.75) is 19.8 Å². The number of methoxy groups -OCH3 is 2. The Bertz CT molecular complexity index is 1180. The molecule has 3 rings (SSSR count). The van der Waals surface area contributed by atoms with Gasteiger partial charge in [-0.3, -0.25) is 14.4 Å². The Morgan fingerprint density at radius 1 is 1.12 bits per heavy atom. The molecular formula is C25H25N3O5S. The third kappa shape index (κ3) is 5.07. The number of allylic oxidation sites excluding steroid dienone is 1. The molecule has 34 heavy (non-hydrogen) atoms. The quantitative estimate of drug-likeness (QED) is 0.461. The van der Waals surface area contributed by atoms with Crippen molar-refractivity contribution in [1.82, 2.24) is 5.32 Å². The molecule has 0 aliphatic carbocycles.